The third kappa shape index (κ3) is 7.86. The van der Waals surface area contributed by atoms with Crippen LogP contribution in [0, 0.1) is 6.92 Å². The molecule has 2 aromatic rings. The smallest absolute Gasteiger partial charge is 0.426 e. The molecule has 0 unspecified atom stereocenters. The number of nitrogens with one attached hydrogen (secondary N) is 1. The molecule has 1 fully saturated rings. The molecule has 3 rings (SSSR count). The second-order valence-electron chi connectivity index (χ2n) is 10.5. The van der Waals surface area contributed by atoms with Crippen molar-refractivity contribution in [3.63, 3.8) is 0 Å². The summed E-state index contributed by atoms with van der Waals surface area (Å²) < 4.78 is 78.1. The van der Waals surface area contributed by atoms with Gasteiger partial charge >= 0.3 is 18.0 Å². The summed E-state index contributed by atoms with van der Waals surface area (Å²) in [5.41, 5.74) is -0.433. The van der Waals surface area contributed by atoms with Gasteiger partial charge in [0.1, 0.15) is 10.4 Å². The van der Waals surface area contributed by atoms with Crippen molar-refractivity contribution in [1.82, 2.24) is 19.6 Å². The number of hydrogen-bond donors (Lipinski definition) is 1. The summed E-state index contributed by atoms with van der Waals surface area (Å²) in [6.45, 7) is 6.99. The molecule has 0 aromatic carbocycles. The van der Waals surface area contributed by atoms with Crippen molar-refractivity contribution in [2.75, 3.05) is 6.61 Å². The van der Waals surface area contributed by atoms with E-state index in [1.807, 2.05) is 0 Å². The van der Waals surface area contributed by atoms with Crippen LogP contribution in [0.25, 0.3) is 10.2 Å². The van der Waals surface area contributed by atoms with Crippen LogP contribution in [0.2, 0.25) is 0 Å². The summed E-state index contributed by atoms with van der Waals surface area (Å²) >= 11 is 0.782. The number of aryl methyl sites for hydroxylation is 2. The van der Waals surface area contributed by atoms with Crippen molar-refractivity contribution in [3.05, 3.63) is 43.6 Å². The van der Waals surface area contributed by atoms with Gasteiger partial charge in [0.2, 0.25) is 0 Å². The van der Waals surface area contributed by atoms with Crippen molar-refractivity contribution >= 4 is 33.6 Å². The molecule has 10 nitrogen and oxygen atoms in total. The third-order valence-electron chi connectivity index (χ3n) is 6.06. The topological polar surface area (TPSA) is 112 Å². The number of fused-ring (bicyclic) bond motifs is 1. The molecule has 0 atom stereocenters. The Hall–Kier alpha value is -3.43. The van der Waals surface area contributed by atoms with Crippen molar-refractivity contribution in [2.45, 2.75) is 90.7 Å². The highest BCUT2D eigenvalue weighted by Crippen LogP contribution is 2.44. The normalized spacial score (nSPS) is 15.7. The molecule has 228 valence electrons. The van der Waals surface area contributed by atoms with E-state index in [0.29, 0.717) is 4.57 Å². The molecule has 0 spiro atoms. The van der Waals surface area contributed by atoms with E-state index >= 15 is 0 Å². The van der Waals surface area contributed by atoms with Gasteiger partial charge in [-0.05, 0) is 40.2 Å². The molecular weight excluding hydrogens is 579 g/mol. The molecule has 0 saturated heterocycles. The number of halogens is 5. The Kier molecular flexibility index (Phi) is 9.25. The Labute approximate surface area is 235 Å². The first-order valence-electron chi connectivity index (χ1n) is 12.6. The highest BCUT2D eigenvalue weighted by Gasteiger charge is 2.48. The van der Waals surface area contributed by atoms with Crippen molar-refractivity contribution in [3.8, 4) is 0 Å². The molecule has 16 heteroatoms. The van der Waals surface area contributed by atoms with Crippen LogP contribution < -0.4 is 16.7 Å². The summed E-state index contributed by atoms with van der Waals surface area (Å²) in [5.74, 6) is -3.86. The number of aromatic nitrogens is 2. The van der Waals surface area contributed by atoms with Gasteiger partial charge in [0.05, 0.1) is 37.3 Å². The van der Waals surface area contributed by atoms with Gasteiger partial charge in [0.15, 0.2) is 0 Å². The Balaban J connectivity index is 2.11. The molecule has 2 heterocycles. The number of thiophene rings is 1. The zero-order valence-electron chi connectivity index (χ0n) is 23.1. The van der Waals surface area contributed by atoms with Crippen LogP contribution in [0.1, 0.15) is 63.4 Å². The summed E-state index contributed by atoms with van der Waals surface area (Å²) in [6, 6.07) is -1.18. The monoisotopic (exact) mass is 610 g/mol. The Morgan fingerprint density at radius 2 is 1.83 bits per heavy atom. The number of hydrogen-bond acceptors (Lipinski definition) is 7. The minimum atomic E-state index is -4.64. The number of nitrogens with zero attached hydrogens (tertiary/aromatic N) is 3. The summed E-state index contributed by atoms with van der Waals surface area (Å²) in [7, 11) is 0. The van der Waals surface area contributed by atoms with E-state index < -0.39 is 72.8 Å². The predicted octanol–water partition coefficient (Wildman–Crippen LogP) is 4.77. The van der Waals surface area contributed by atoms with Gasteiger partial charge in [-0.15, -0.1) is 11.3 Å². The minimum absolute atomic E-state index is 0.103. The SMILES string of the molecule is CCO/C=C/C(=O)N(Cc1sc2c(c1C)c(=O)n(C1CC(F)(F)C1)c(=O)n2CCC(F)(F)F)NC(=O)OC(C)(C)C. The number of hydrazine groups is 1. The summed E-state index contributed by atoms with van der Waals surface area (Å²) in [4.78, 5) is 52.1. The maximum absolute atomic E-state index is 13.6. The molecule has 1 aliphatic carbocycles. The van der Waals surface area contributed by atoms with Crippen LogP contribution in [0.15, 0.2) is 21.9 Å². The van der Waals surface area contributed by atoms with Gasteiger partial charge < -0.3 is 9.47 Å². The lowest BCUT2D eigenvalue weighted by Gasteiger charge is -2.35. The third-order valence-corrected chi connectivity index (χ3v) is 7.36. The van der Waals surface area contributed by atoms with E-state index in [1.165, 1.54) is 6.92 Å². The summed E-state index contributed by atoms with van der Waals surface area (Å²) in [5, 5.41) is 0.723. The van der Waals surface area contributed by atoms with Crippen LogP contribution in [-0.4, -0.2) is 50.5 Å². The van der Waals surface area contributed by atoms with Gasteiger partial charge in [0, 0.05) is 30.3 Å². The predicted molar refractivity (Wildman–Crippen MR) is 140 cm³/mol. The van der Waals surface area contributed by atoms with E-state index in [4.69, 9.17) is 9.47 Å². The van der Waals surface area contributed by atoms with E-state index in [1.54, 1.807) is 27.7 Å². The van der Waals surface area contributed by atoms with Crippen LogP contribution in [0.5, 0.6) is 0 Å². The fourth-order valence-corrected chi connectivity index (χ4v) is 5.46. The molecule has 0 radical (unpaired) electrons. The van der Waals surface area contributed by atoms with E-state index in [9.17, 15) is 41.1 Å². The fourth-order valence-electron chi connectivity index (χ4n) is 4.15. The van der Waals surface area contributed by atoms with Crippen LogP contribution >= 0.6 is 11.3 Å². The maximum atomic E-state index is 13.6. The maximum Gasteiger partial charge on any atom is 0.426 e. The molecule has 41 heavy (non-hydrogen) atoms. The highest BCUT2D eigenvalue weighted by atomic mass is 32.1. The van der Waals surface area contributed by atoms with E-state index in [0.717, 1.165) is 33.3 Å². The van der Waals surface area contributed by atoms with Gasteiger partial charge in [-0.3, -0.25) is 18.7 Å². The molecule has 1 aliphatic rings. The standard InChI is InChI=1S/C25H31F5N4O6S/c1-6-39-10-7-17(35)33(31-21(37)40-23(3,4)5)13-16-14(2)18-19(36)34(15-11-24(26,27)12-15)22(38)32(20(18)41-16)9-8-25(28,29)30/h7,10,15H,6,8-9,11-13H2,1-5H3,(H,31,37)/b10-7+. The molecule has 1 saturated carbocycles. The lowest BCUT2D eigenvalue weighted by molar-refractivity contribution is -0.136. The first-order chi connectivity index (χ1) is 18.8. The first-order valence-corrected chi connectivity index (χ1v) is 13.5. The first kappa shape index (κ1) is 32.1. The second kappa shape index (κ2) is 11.8. The van der Waals surface area contributed by atoms with Gasteiger partial charge in [-0.2, -0.15) is 13.2 Å². The lowest BCUT2D eigenvalue weighted by atomic mass is 9.88. The molecular formula is C25H31F5N4O6S. The minimum Gasteiger partial charge on any atom is -0.501 e. The summed E-state index contributed by atoms with van der Waals surface area (Å²) in [6.07, 6.45) is -6.49. The number of amides is 2. The molecule has 2 amide bonds. The van der Waals surface area contributed by atoms with E-state index in [2.05, 4.69) is 5.43 Å². The molecule has 0 bridgehead atoms. The van der Waals surface area contributed by atoms with Crippen LogP contribution in [0.3, 0.4) is 0 Å². The Morgan fingerprint density at radius 1 is 1.20 bits per heavy atom. The molecule has 0 aliphatic heterocycles. The molecule has 1 N–H and O–H groups in total. The zero-order valence-corrected chi connectivity index (χ0v) is 23.9. The second-order valence-corrected chi connectivity index (χ2v) is 11.6. The largest absolute Gasteiger partial charge is 0.501 e. The Bertz CT molecular complexity index is 1450. The number of carbonyl (C=O) groups is 2. The Morgan fingerprint density at radius 3 is 2.37 bits per heavy atom. The molecule has 2 aromatic heterocycles. The van der Waals surface area contributed by atoms with Crippen LogP contribution in [0.4, 0.5) is 26.7 Å². The average Bonchev–Trinajstić information content (AvgIpc) is 3.11. The van der Waals surface area contributed by atoms with Crippen molar-refractivity contribution in [2.24, 2.45) is 0 Å². The number of ether oxygens (including phenoxy) is 2. The average molecular weight is 611 g/mol. The number of carbonyl (C=O) groups excluding carboxylic acids is 2. The van der Waals surface area contributed by atoms with Crippen molar-refractivity contribution < 1.29 is 41.0 Å². The number of alkyl halides is 5. The van der Waals surface area contributed by atoms with Gasteiger partial charge in [-0.1, -0.05) is 0 Å². The van der Waals surface area contributed by atoms with Gasteiger partial charge in [0.25, 0.3) is 17.4 Å². The van der Waals surface area contributed by atoms with Crippen LogP contribution in [-0.2, 0) is 27.4 Å². The quantitative estimate of drug-likeness (QED) is 0.200. The van der Waals surface area contributed by atoms with Gasteiger partial charge in [-0.25, -0.2) is 28.8 Å². The van der Waals surface area contributed by atoms with Crippen molar-refractivity contribution in [1.29, 1.82) is 0 Å². The number of rotatable bonds is 8. The zero-order chi connectivity index (χ0) is 30.9. The fraction of sp³-hybridized carbons (Fsp3) is 0.600. The van der Waals surface area contributed by atoms with E-state index in [-0.39, 0.29) is 33.8 Å². The highest BCUT2D eigenvalue weighted by molar-refractivity contribution is 7.18. The lowest BCUT2D eigenvalue weighted by Crippen LogP contribution is -2.49.